The second-order valence-electron chi connectivity index (χ2n) is 2.55. The highest BCUT2D eigenvalue weighted by Crippen LogP contribution is 2.33. The van der Waals surface area contributed by atoms with Crippen molar-refractivity contribution in [3.8, 4) is 0 Å². The molecule has 1 aliphatic rings. The average molecular weight is 155 g/mol. The number of alkyl halides is 1. The summed E-state index contributed by atoms with van der Waals surface area (Å²) >= 11 is 0. The summed E-state index contributed by atoms with van der Waals surface area (Å²) in [4.78, 5) is 0. The zero-order valence-electron chi connectivity index (χ0n) is 5.77. The Kier molecular flexibility index (Phi) is 1.31. The van der Waals surface area contributed by atoms with E-state index in [-0.39, 0.29) is 12.4 Å². The lowest BCUT2D eigenvalue weighted by Gasteiger charge is -1.99. The van der Waals surface area contributed by atoms with E-state index in [4.69, 9.17) is 0 Å². The van der Waals surface area contributed by atoms with Crippen LogP contribution in [-0.4, -0.2) is 6.54 Å². The Morgan fingerprint density at radius 2 is 2.27 bits per heavy atom. The number of para-hydroxylation sites is 1. The number of hydrogen-bond acceptors (Lipinski definition) is 1. The van der Waals surface area contributed by atoms with Crippen LogP contribution >= 0.6 is 0 Å². The molecule has 0 saturated heterocycles. The third-order valence-corrected chi connectivity index (χ3v) is 1.84. The van der Waals surface area contributed by atoms with Crippen molar-refractivity contribution in [3.05, 3.63) is 29.6 Å². The highest BCUT2D eigenvalue weighted by molar-refractivity contribution is 5.57. The van der Waals surface area contributed by atoms with Gasteiger partial charge in [0.15, 0.2) is 0 Å². The number of fused-ring (bicyclic) bond motifs is 1. The second-order valence-corrected chi connectivity index (χ2v) is 2.55. The lowest BCUT2D eigenvalue weighted by Crippen LogP contribution is -1.95. The molecule has 0 amide bonds. The van der Waals surface area contributed by atoms with Gasteiger partial charge in [-0.05, 0) is 6.07 Å². The minimum absolute atomic E-state index is 0.191. The number of hydrogen-bond donors (Lipinski definition) is 1. The van der Waals surface area contributed by atoms with E-state index >= 15 is 0 Å². The smallest absolute Gasteiger partial charge is 0.146 e. The van der Waals surface area contributed by atoms with Crippen LogP contribution in [0.15, 0.2) is 18.2 Å². The van der Waals surface area contributed by atoms with Gasteiger partial charge in [0.05, 0.1) is 12.2 Å². The van der Waals surface area contributed by atoms with Gasteiger partial charge in [0.2, 0.25) is 0 Å². The van der Waals surface area contributed by atoms with E-state index in [1.807, 2.05) is 0 Å². The molecule has 11 heavy (non-hydrogen) atoms. The minimum atomic E-state index is -1.05. The fourth-order valence-corrected chi connectivity index (χ4v) is 1.29. The molecule has 0 aliphatic carbocycles. The van der Waals surface area contributed by atoms with Gasteiger partial charge >= 0.3 is 0 Å². The summed E-state index contributed by atoms with van der Waals surface area (Å²) in [6.45, 7) is 0.191. The van der Waals surface area contributed by atoms with Crippen LogP contribution in [0, 0.1) is 5.82 Å². The largest absolute Gasteiger partial charge is 0.379 e. The van der Waals surface area contributed by atoms with E-state index in [2.05, 4.69) is 5.32 Å². The second kappa shape index (κ2) is 2.19. The monoisotopic (exact) mass is 155 g/mol. The zero-order chi connectivity index (χ0) is 7.84. The minimum Gasteiger partial charge on any atom is -0.379 e. The maximum atomic E-state index is 12.9. The van der Waals surface area contributed by atoms with Gasteiger partial charge in [-0.1, -0.05) is 12.1 Å². The summed E-state index contributed by atoms with van der Waals surface area (Å²) in [5.74, 6) is -0.373. The summed E-state index contributed by atoms with van der Waals surface area (Å²) in [6, 6.07) is 4.45. The van der Waals surface area contributed by atoms with Crippen LogP contribution in [0.1, 0.15) is 11.7 Å². The molecule has 0 fully saturated rings. The van der Waals surface area contributed by atoms with Crippen LogP contribution in [0.5, 0.6) is 0 Å². The van der Waals surface area contributed by atoms with E-state index in [0.29, 0.717) is 11.3 Å². The topological polar surface area (TPSA) is 12.0 Å². The maximum absolute atomic E-state index is 12.9. The lowest BCUT2D eigenvalue weighted by molar-refractivity contribution is 0.373. The van der Waals surface area contributed by atoms with Gasteiger partial charge in [-0.2, -0.15) is 0 Å². The normalized spacial score (nSPS) is 21.1. The fraction of sp³-hybridized carbons (Fsp3) is 0.250. The Balaban J connectivity index is 2.57. The molecule has 0 radical (unpaired) electrons. The molecular weight excluding hydrogens is 148 g/mol. The van der Waals surface area contributed by atoms with Gasteiger partial charge in [0.1, 0.15) is 12.0 Å². The predicted octanol–water partition coefficient (Wildman–Crippen LogP) is 2.26. The van der Waals surface area contributed by atoms with Crippen LogP contribution in [0.2, 0.25) is 0 Å². The van der Waals surface area contributed by atoms with E-state index in [1.54, 1.807) is 6.07 Å². The average Bonchev–Trinajstić information content (AvgIpc) is 2.35. The van der Waals surface area contributed by atoms with Gasteiger partial charge in [0.25, 0.3) is 0 Å². The number of anilines is 1. The molecule has 0 bridgehead atoms. The summed E-state index contributed by atoms with van der Waals surface area (Å²) in [6.07, 6.45) is -1.05. The summed E-state index contributed by atoms with van der Waals surface area (Å²) in [5, 5.41) is 2.67. The molecule has 1 N–H and O–H groups in total. The van der Waals surface area contributed by atoms with Gasteiger partial charge in [-0.25, -0.2) is 8.78 Å². The molecule has 1 aliphatic heterocycles. The highest BCUT2D eigenvalue weighted by Gasteiger charge is 2.23. The van der Waals surface area contributed by atoms with Gasteiger partial charge < -0.3 is 5.32 Å². The molecule has 0 saturated carbocycles. The molecular formula is C8H7F2N. The maximum Gasteiger partial charge on any atom is 0.146 e. The number of rotatable bonds is 0. The first-order valence-corrected chi connectivity index (χ1v) is 3.45. The van der Waals surface area contributed by atoms with Crippen molar-refractivity contribution in [3.63, 3.8) is 0 Å². The highest BCUT2D eigenvalue weighted by atomic mass is 19.1. The molecule has 1 nitrogen and oxygen atoms in total. The first-order chi connectivity index (χ1) is 5.29. The number of benzene rings is 1. The third-order valence-electron chi connectivity index (χ3n) is 1.84. The lowest BCUT2D eigenvalue weighted by atomic mass is 10.1. The molecule has 3 heteroatoms. The molecule has 1 unspecified atom stereocenters. The molecule has 1 aromatic rings. The molecule has 1 heterocycles. The van der Waals surface area contributed by atoms with Crippen molar-refractivity contribution < 1.29 is 8.78 Å². The SMILES string of the molecule is Fc1cccc2c1NCC2F. The van der Waals surface area contributed by atoms with Crippen LogP contribution < -0.4 is 5.32 Å². The van der Waals surface area contributed by atoms with Crippen molar-refractivity contribution >= 4 is 5.69 Å². The Hall–Kier alpha value is -1.12. The van der Waals surface area contributed by atoms with Gasteiger partial charge in [0, 0.05) is 5.56 Å². The van der Waals surface area contributed by atoms with E-state index in [0.717, 1.165) is 0 Å². The molecule has 2 rings (SSSR count). The van der Waals surface area contributed by atoms with Crippen LogP contribution in [-0.2, 0) is 0 Å². The Bertz CT molecular complexity index is 285. The first kappa shape index (κ1) is 6.58. The number of halogens is 2. The first-order valence-electron chi connectivity index (χ1n) is 3.45. The zero-order valence-corrected chi connectivity index (χ0v) is 5.77. The van der Waals surface area contributed by atoms with Crippen molar-refractivity contribution in [1.82, 2.24) is 0 Å². The molecule has 0 aromatic heterocycles. The summed E-state index contributed by atoms with van der Waals surface area (Å²) in [5.41, 5.74) is 0.755. The quantitative estimate of drug-likeness (QED) is 0.606. The molecule has 58 valence electrons. The predicted molar refractivity (Wildman–Crippen MR) is 38.7 cm³/mol. The fourth-order valence-electron chi connectivity index (χ4n) is 1.29. The van der Waals surface area contributed by atoms with Gasteiger partial charge in [-0.15, -0.1) is 0 Å². The Morgan fingerprint density at radius 3 is 3.00 bits per heavy atom. The number of nitrogens with one attached hydrogen (secondary N) is 1. The van der Waals surface area contributed by atoms with E-state index < -0.39 is 6.17 Å². The van der Waals surface area contributed by atoms with E-state index in [9.17, 15) is 8.78 Å². The Morgan fingerprint density at radius 1 is 1.45 bits per heavy atom. The van der Waals surface area contributed by atoms with E-state index in [1.165, 1.54) is 12.1 Å². The van der Waals surface area contributed by atoms with Crippen LogP contribution in [0.25, 0.3) is 0 Å². The Labute approximate surface area is 63.0 Å². The molecule has 1 atom stereocenters. The van der Waals surface area contributed by atoms with Crippen LogP contribution in [0.3, 0.4) is 0 Å². The van der Waals surface area contributed by atoms with Crippen molar-refractivity contribution in [1.29, 1.82) is 0 Å². The third kappa shape index (κ3) is 0.878. The van der Waals surface area contributed by atoms with Crippen molar-refractivity contribution in [2.75, 3.05) is 11.9 Å². The van der Waals surface area contributed by atoms with Crippen LogP contribution in [0.4, 0.5) is 14.5 Å². The molecule has 1 aromatic carbocycles. The standard InChI is InChI=1S/C8H7F2N/c9-6-3-1-2-5-7(10)4-11-8(5)6/h1-3,7,11H,4H2. The van der Waals surface area contributed by atoms with Crippen molar-refractivity contribution in [2.24, 2.45) is 0 Å². The summed E-state index contributed by atoms with van der Waals surface area (Å²) < 4.78 is 25.7. The summed E-state index contributed by atoms with van der Waals surface area (Å²) in [7, 11) is 0. The van der Waals surface area contributed by atoms with Gasteiger partial charge in [-0.3, -0.25) is 0 Å². The van der Waals surface area contributed by atoms with Crippen molar-refractivity contribution in [2.45, 2.75) is 6.17 Å². The molecule has 0 spiro atoms.